The molecule has 1 unspecified atom stereocenters. The highest BCUT2D eigenvalue weighted by Crippen LogP contribution is 2.23. The molecular formula is C13H19ClFNO. The van der Waals surface area contributed by atoms with E-state index in [2.05, 4.69) is 12.2 Å². The molecule has 0 fully saturated rings. The van der Waals surface area contributed by atoms with Gasteiger partial charge >= 0.3 is 0 Å². The molecular weight excluding hydrogens is 241 g/mol. The number of benzene rings is 1. The summed E-state index contributed by atoms with van der Waals surface area (Å²) < 4.78 is 13.6. The molecule has 0 aliphatic carbocycles. The minimum absolute atomic E-state index is 0.204. The van der Waals surface area contributed by atoms with Crippen molar-refractivity contribution in [2.75, 3.05) is 13.1 Å². The van der Waals surface area contributed by atoms with E-state index in [0.29, 0.717) is 17.1 Å². The third kappa shape index (κ3) is 4.62. The van der Waals surface area contributed by atoms with E-state index in [1.807, 2.05) is 0 Å². The van der Waals surface area contributed by atoms with E-state index < -0.39 is 5.60 Å². The molecule has 0 aliphatic rings. The van der Waals surface area contributed by atoms with Crippen LogP contribution in [0.5, 0.6) is 0 Å². The third-order valence-electron chi connectivity index (χ3n) is 2.55. The van der Waals surface area contributed by atoms with E-state index >= 15 is 0 Å². The van der Waals surface area contributed by atoms with Crippen LogP contribution in [0.25, 0.3) is 0 Å². The molecule has 0 aliphatic heterocycles. The van der Waals surface area contributed by atoms with Crippen LogP contribution in [0.4, 0.5) is 4.39 Å². The molecule has 0 amide bonds. The average molecular weight is 260 g/mol. The summed E-state index contributed by atoms with van der Waals surface area (Å²) in [5.41, 5.74) is -0.626. The Balaban J connectivity index is 2.69. The average Bonchev–Trinajstić information content (AvgIpc) is 2.24. The zero-order valence-electron chi connectivity index (χ0n) is 10.3. The van der Waals surface area contributed by atoms with Gasteiger partial charge in [0, 0.05) is 23.6 Å². The van der Waals surface area contributed by atoms with Crippen LogP contribution in [0.3, 0.4) is 0 Å². The van der Waals surface area contributed by atoms with Gasteiger partial charge in [0.15, 0.2) is 0 Å². The van der Waals surface area contributed by atoms with Crippen molar-refractivity contribution in [1.82, 2.24) is 5.32 Å². The maximum absolute atomic E-state index is 13.6. The Bertz CT molecular complexity index is 348. The van der Waals surface area contributed by atoms with Crippen LogP contribution >= 0.6 is 11.6 Å². The fourth-order valence-electron chi connectivity index (χ4n) is 1.68. The van der Waals surface area contributed by atoms with Gasteiger partial charge in [-0.1, -0.05) is 24.6 Å². The van der Waals surface area contributed by atoms with Gasteiger partial charge in [-0.2, -0.15) is 0 Å². The van der Waals surface area contributed by atoms with Crippen molar-refractivity contribution in [2.24, 2.45) is 0 Å². The van der Waals surface area contributed by atoms with Gasteiger partial charge in [-0.15, -0.1) is 0 Å². The molecule has 2 nitrogen and oxygen atoms in total. The standard InChI is InChI=1S/C13H19ClFNO/c1-3-7-16-9-13(2,17)8-10-11(14)5-4-6-12(10)15/h4-6,16-17H,3,7-9H2,1-2H3. The summed E-state index contributed by atoms with van der Waals surface area (Å²) in [5.74, 6) is -0.367. The number of aliphatic hydroxyl groups is 1. The van der Waals surface area contributed by atoms with Gasteiger partial charge in [0.05, 0.1) is 5.60 Å². The lowest BCUT2D eigenvalue weighted by Gasteiger charge is -2.24. The van der Waals surface area contributed by atoms with Crippen LogP contribution in [0.15, 0.2) is 18.2 Å². The number of nitrogens with one attached hydrogen (secondary N) is 1. The Morgan fingerprint density at radius 1 is 1.47 bits per heavy atom. The van der Waals surface area contributed by atoms with Crippen LogP contribution in [0.1, 0.15) is 25.8 Å². The Hall–Kier alpha value is -0.640. The van der Waals surface area contributed by atoms with E-state index in [-0.39, 0.29) is 12.2 Å². The van der Waals surface area contributed by atoms with Crippen molar-refractivity contribution in [1.29, 1.82) is 0 Å². The third-order valence-corrected chi connectivity index (χ3v) is 2.91. The molecule has 1 aromatic carbocycles. The van der Waals surface area contributed by atoms with E-state index in [1.165, 1.54) is 6.07 Å². The predicted molar refractivity (Wildman–Crippen MR) is 68.9 cm³/mol. The van der Waals surface area contributed by atoms with Crippen LogP contribution in [-0.4, -0.2) is 23.8 Å². The molecule has 0 saturated heterocycles. The number of hydrogen-bond acceptors (Lipinski definition) is 2. The summed E-state index contributed by atoms with van der Waals surface area (Å²) in [5, 5.41) is 13.6. The van der Waals surface area contributed by atoms with Gasteiger partial charge in [0.25, 0.3) is 0 Å². The topological polar surface area (TPSA) is 32.3 Å². The Morgan fingerprint density at radius 3 is 2.76 bits per heavy atom. The largest absolute Gasteiger partial charge is 0.389 e. The van der Waals surface area contributed by atoms with Gasteiger partial charge in [-0.05, 0) is 32.0 Å². The maximum Gasteiger partial charge on any atom is 0.127 e. The summed E-state index contributed by atoms with van der Waals surface area (Å²) in [4.78, 5) is 0. The van der Waals surface area contributed by atoms with Crippen molar-refractivity contribution in [3.05, 3.63) is 34.6 Å². The first-order valence-corrected chi connectivity index (χ1v) is 6.20. The number of halogens is 2. The van der Waals surface area contributed by atoms with Crippen LogP contribution in [0.2, 0.25) is 5.02 Å². The lowest BCUT2D eigenvalue weighted by atomic mass is 9.96. The van der Waals surface area contributed by atoms with Crippen LogP contribution in [0, 0.1) is 5.82 Å². The molecule has 1 aromatic rings. The zero-order chi connectivity index (χ0) is 12.9. The smallest absolute Gasteiger partial charge is 0.127 e. The molecule has 2 N–H and O–H groups in total. The van der Waals surface area contributed by atoms with Crippen LogP contribution < -0.4 is 5.32 Å². The Morgan fingerprint density at radius 2 is 2.18 bits per heavy atom. The molecule has 4 heteroatoms. The number of rotatable bonds is 6. The van der Waals surface area contributed by atoms with Crippen molar-refractivity contribution in [3.8, 4) is 0 Å². The Labute approximate surface area is 107 Å². The van der Waals surface area contributed by atoms with Gasteiger partial charge < -0.3 is 10.4 Å². The first kappa shape index (κ1) is 14.4. The maximum atomic E-state index is 13.6. The quantitative estimate of drug-likeness (QED) is 0.770. The van der Waals surface area contributed by atoms with E-state index in [9.17, 15) is 9.50 Å². The van der Waals surface area contributed by atoms with E-state index in [0.717, 1.165) is 13.0 Å². The van der Waals surface area contributed by atoms with Crippen molar-refractivity contribution >= 4 is 11.6 Å². The van der Waals surface area contributed by atoms with Crippen molar-refractivity contribution < 1.29 is 9.50 Å². The van der Waals surface area contributed by atoms with Crippen molar-refractivity contribution in [3.63, 3.8) is 0 Å². The van der Waals surface area contributed by atoms with Gasteiger partial charge in [0.2, 0.25) is 0 Å². The highest BCUT2D eigenvalue weighted by molar-refractivity contribution is 6.31. The molecule has 0 spiro atoms. The lowest BCUT2D eigenvalue weighted by molar-refractivity contribution is 0.0595. The van der Waals surface area contributed by atoms with Crippen LogP contribution in [-0.2, 0) is 6.42 Å². The summed E-state index contributed by atoms with van der Waals surface area (Å²) in [7, 11) is 0. The monoisotopic (exact) mass is 259 g/mol. The molecule has 0 heterocycles. The summed E-state index contributed by atoms with van der Waals surface area (Å²) in [6.45, 7) is 4.99. The number of hydrogen-bond donors (Lipinski definition) is 2. The molecule has 0 bridgehead atoms. The minimum Gasteiger partial charge on any atom is -0.389 e. The molecule has 0 aromatic heterocycles. The summed E-state index contributed by atoms with van der Waals surface area (Å²) in [6.07, 6.45) is 1.20. The molecule has 1 atom stereocenters. The second-order valence-electron chi connectivity index (χ2n) is 4.55. The second kappa shape index (κ2) is 6.34. The van der Waals surface area contributed by atoms with Gasteiger partial charge in [-0.3, -0.25) is 0 Å². The SMILES string of the molecule is CCCNCC(C)(O)Cc1c(F)cccc1Cl. The Kier molecular flexibility index (Phi) is 5.37. The zero-order valence-corrected chi connectivity index (χ0v) is 11.0. The first-order valence-electron chi connectivity index (χ1n) is 5.82. The molecule has 1 rings (SSSR count). The summed E-state index contributed by atoms with van der Waals surface area (Å²) in [6, 6.07) is 4.55. The molecule has 0 saturated carbocycles. The highest BCUT2D eigenvalue weighted by Gasteiger charge is 2.23. The minimum atomic E-state index is -0.999. The predicted octanol–water partition coefficient (Wildman–Crippen LogP) is 2.77. The van der Waals surface area contributed by atoms with Gasteiger partial charge in [0.1, 0.15) is 5.82 Å². The van der Waals surface area contributed by atoms with Gasteiger partial charge in [-0.25, -0.2) is 4.39 Å². The normalized spacial score (nSPS) is 14.6. The van der Waals surface area contributed by atoms with E-state index in [4.69, 9.17) is 11.6 Å². The van der Waals surface area contributed by atoms with Crippen molar-refractivity contribution in [2.45, 2.75) is 32.3 Å². The first-order chi connectivity index (χ1) is 7.96. The fourth-order valence-corrected chi connectivity index (χ4v) is 1.91. The molecule has 96 valence electrons. The summed E-state index contributed by atoms with van der Waals surface area (Å²) >= 11 is 5.93. The molecule has 0 radical (unpaired) electrons. The van der Waals surface area contributed by atoms with E-state index in [1.54, 1.807) is 19.1 Å². The fraction of sp³-hybridized carbons (Fsp3) is 0.538. The second-order valence-corrected chi connectivity index (χ2v) is 4.96. The lowest BCUT2D eigenvalue weighted by Crippen LogP contribution is -2.40. The highest BCUT2D eigenvalue weighted by atomic mass is 35.5. The molecule has 17 heavy (non-hydrogen) atoms.